The topological polar surface area (TPSA) is 12.4 Å². The predicted octanol–water partition coefficient (Wildman–Crippen LogP) is 2.91. The third-order valence-corrected chi connectivity index (χ3v) is 1.84. The summed E-state index contributed by atoms with van der Waals surface area (Å²) in [5.74, 6) is 0. The van der Waals surface area contributed by atoms with Crippen LogP contribution in [0.3, 0.4) is 0 Å². The van der Waals surface area contributed by atoms with Gasteiger partial charge in [-0.1, -0.05) is 36.8 Å². The molecule has 0 aromatic rings. The summed E-state index contributed by atoms with van der Waals surface area (Å²) >= 11 is 0. The van der Waals surface area contributed by atoms with Crippen LogP contribution in [0, 0.1) is 0 Å². The van der Waals surface area contributed by atoms with Gasteiger partial charge in [-0.3, -0.25) is 4.99 Å². The van der Waals surface area contributed by atoms with Crippen LogP contribution < -0.4 is 0 Å². The van der Waals surface area contributed by atoms with Gasteiger partial charge in [-0.2, -0.15) is 0 Å². The van der Waals surface area contributed by atoms with Gasteiger partial charge in [0.2, 0.25) is 0 Å². The summed E-state index contributed by atoms with van der Waals surface area (Å²) < 4.78 is 0. The number of nitrogens with zero attached hydrogens (tertiary/aromatic N) is 1. The minimum Gasteiger partial charge on any atom is -0.289 e. The molecule has 0 saturated carbocycles. The zero-order chi connectivity index (χ0) is 8.65. The van der Waals surface area contributed by atoms with E-state index in [9.17, 15) is 0 Å². The molecule has 1 aliphatic rings. The fourth-order valence-electron chi connectivity index (χ4n) is 1.06. The van der Waals surface area contributed by atoms with Crippen molar-refractivity contribution in [2.24, 2.45) is 4.99 Å². The van der Waals surface area contributed by atoms with Crippen LogP contribution in [-0.4, -0.2) is 12.8 Å². The Morgan fingerprint density at radius 1 is 1.33 bits per heavy atom. The Morgan fingerprint density at radius 3 is 3.08 bits per heavy atom. The van der Waals surface area contributed by atoms with Crippen molar-refractivity contribution in [2.45, 2.75) is 19.8 Å². The Labute approximate surface area is 74.2 Å². The summed E-state index contributed by atoms with van der Waals surface area (Å²) in [6.07, 6.45) is 14.6. The van der Waals surface area contributed by atoms with Gasteiger partial charge in [0.25, 0.3) is 0 Å². The van der Waals surface area contributed by atoms with Gasteiger partial charge < -0.3 is 0 Å². The second kappa shape index (κ2) is 5.53. The molecule has 0 saturated heterocycles. The van der Waals surface area contributed by atoms with E-state index in [0.29, 0.717) is 0 Å². The van der Waals surface area contributed by atoms with Gasteiger partial charge in [-0.25, -0.2) is 0 Å². The van der Waals surface area contributed by atoms with E-state index in [-0.39, 0.29) is 0 Å². The molecule has 0 radical (unpaired) electrons. The monoisotopic (exact) mass is 161 g/mol. The third kappa shape index (κ3) is 3.33. The van der Waals surface area contributed by atoms with Gasteiger partial charge in [-0.15, -0.1) is 0 Å². The fourth-order valence-corrected chi connectivity index (χ4v) is 1.06. The molecular weight excluding hydrogens is 146 g/mol. The second-order valence-electron chi connectivity index (χ2n) is 2.75. The molecule has 0 bridgehead atoms. The molecule has 0 fully saturated rings. The lowest BCUT2D eigenvalue weighted by Crippen LogP contribution is -1.80. The minimum absolute atomic E-state index is 0.790. The molecule has 12 heavy (non-hydrogen) atoms. The van der Waals surface area contributed by atoms with Crippen molar-refractivity contribution in [2.75, 3.05) is 6.54 Å². The highest BCUT2D eigenvalue weighted by atomic mass is 14.7. The summed E-state index contributed by atoms with van der Waals surface area (Å²) in [6, 6.07) is 0. The lowest BCUT2D eigenvalue weighted by atomic mass is 10.1. The number of hydrogen-bond acceptors (Lipinski definition) is 1. The lowest BCUT2D eigenvalue weighted by Gasteiger charge is -1.97. The molecule has 1 aliphatic heterocycles. The first-order valence-electron chi connectivity index (χ1n) is 4.43. The van der Waals surface area contributed by atoms with Crippen molar-refractivity contribution < 1.29 is 0 Å². The Hall–Kier alpha value is -1.11. The highest BCUT2D eigenvalue weighted by Gasteiger charge is 1.88. The predicted molar refractivity (Wildman–Crippen MR) is 54.6 cm³/mol. The van der Waals surface area contributed by atoms with Gasteiger partial charge in [0.05, 0.1) is 6.54 Å². The molecule has 0 aromatic heterocycles. The standard InChI is InChI=1S/C11H15N/c1-2-11-7-3-5-9-12-10-6-4-8-11/h3-7,10H,2,8-9H2,1H3/b5-3-,6-4-,11-7-,12-10?. The van der Waals surface area contributed by atoms with Crippen LogP contribution in [0.5, 0.6) is 0 Å². The summed E-state index contributed by atoms with van der Waals surface area (Å²) in [4.78, 5) is 4.16. The Balaban J connectivity index is 2.63. The molecule has 1 heteroatoms. The van der Waals surface area contributed by atoms with E-state index in [1.54, 1.807) is 0 Å². The van der Waals surface area contributed by atoms with E-state index in [1.807, 2.05) is 12.3 Å². The second-order valence-corrected chi connectivity index (χ2v) is 2.75. The van der Waals surface area contributed by atoms with E-state index >= 15 is 0 Å². The zero-order valence-corrected chi connectivity index (χ0v) is 7.53. The quantitative estimate of drug-likeness (QED) is 0.560. The number of rotatable bonds is 1. The number of aliphatic imine (C=N–C) groups is 1. The van der Waals surface area contributed by atoms with Crippen LogP contribution in [-0.2, 0) is 0 Å². The largest absolute Gasteiger partial charge is 0.289 e. The lowest BCUT2D eigenvalue weighted by molar-refractivity contribution is 1.03. The molecule has 0 N–H and O–H groups in total. The maximum atomic E-state index is 4.16. The van der Waals surface area contributed by atoms with Crippen molar-refractivity contribution in [1.29, 1.82) is 0 Å². The number of allylic oxidation sites excluding steroid dienone is 5. The summed E-state index contributed by atoms with van der Waals surface area (Å²) in [5.41, 5.74) is 1.47. The summed E-state index contributed by atoms with van der Waals surface area (Å²) in [7, 11) is 0. The average molecular weight is 161 g/mol. The molecule has 1 nitrogen and oxygen atoms in total. The van der Waals surface area contributed by atoms with Crippen LogP contribution in [0.1, 0.15) is 19.8 Å². The highest BCUT2D eigenvalue weighted by Crippen LogP contribution is 2.07. The first-order valence-corrected chi connectivity index (χ1v) is 4.43. The highest BCUT2D eigenvalue weighted by molar-refractivity contribution is 5.71. The summed E-state index contributed by atoms with van der Waals surface area (Å²) in [6.45, 7) is 2.98. The van der Waals surface area contributed by atoms with Crippen LogP contribution in [0.25, 0.3) is 0 Å². The SMILES string of the molecule is CC/C1=C/C=C\CN=C/C=C\C1. The van der Waals surface area contributed by atoms with Gasteiger partial charge in [-0.05, 0) is 18.9 Å². The summed E-state index contributed by atoms with van der Waals surface area (Å²) in [5, 5.41) is 0. The van der Waals surface area contributed by atoms with Gasteiger partial charge >= 0.3 is 0 Å². The molecule has 1 rings (SSSR count). The molecule has 64 valence electrons. The van der Waals surface area contributed by atoms with Crippen molar-refractivity contribution in [3.8, 4) is 0 Å². The van der Waals surface area contributed by atoms with Crippen molar-refractivity contribution in [3.05, 3.63) is 36.0 Å². The molecule has 0 aromatic carbocycles. The first kappa shape index (κ1) is 8.98. The Morgan fingerprint density at radius 2 is 2.25 bits per heavy atom. The molecule has 0 atom stereocenters. The molecule has 0 amide bonds. The van der Waals surface area contributed by atoms with Crippen molar-refractivity contribution in [1.82, 2.24) is 0 Å². The molecule has 1 heterocycles. The fraction of sp³-hybridized carbons (Fsp3) is 0.364. The zero-order valence-electron chi connectivity index (χ0n) is 7.53. The van der Waals surface area contributed by atoms with Crippen LogP contribution in [0.4, 0.5) is 0 Å². The van der Waals surface area contributed by atoms with E-state index in [4.69, 9.17) is 0 Å². The Bertz CT molecular complexity index is 231. The normalized spacial score (nSPS) is 27.2. The van der Waals surface area contributed by atoms with Crippen LogP contribution >= 0.6 is 0 Å². The maximum Gasteiger partial charge on any atom is 0.0573 e. The minimum atomic E-state index is 0.790. The van der Waals surface area contributed by atoms with Crippen molar-refractivity contribution >= 4 is 6.21 Å². The molecular formula is C11H15N. The van der Waals surface area contributed by atoms with Gasteiger partial charge in [0.1, 0.15) is 0 Å². The number of hydrogen-bond donors (Lipinski definition) is 0. The van der Waals surface area contributed by atoms with E-state index in [0.717, 1.165) is 19.4 Å². The van der Waals surface area contributed by atoms with Crippen LogP contribution in [0.15, 0.2) is 40.9 Å². The molecule has 0 aliphatic carbocycles. The third-order valence-electron chi connectivity index (χ3n) is 1.84. The van der Waals surface area contributed by atoms with Gasteiger partial charge in [0.15, 0.2) is 0 Å². The van der Waals surface area contributed by atoms with Gasteiger partial charge in [0, 0.05) is 6.21 Å². The first-order chi connectivity index (χ1) is 5.93. The average Bonchev–Trinajstić information content (AvgIpc) is 2.14. The smallest absolute Gasteiger partial charge is 0.0573 e. The van der Waals surface area contributed by atoms with Crippen LogP contribution in [0.2, 0.25) is 0 Å². The maximum absolute atomic E-state index is 4.16. The van der Waals surface area contributed by atoms with Crippen molar-refractivity contribution in [3.63, 3.8) is 0 Å². The van der Waals surface area contributed by atoms with E-state index in [2.05, 4.69) is 36.2 Å². The Kier molecular flexibility index (Phi) is 4.14. The molecule has 0 spiro atoms. The van der Waals surface area contributed by atoms with E-state index < -0.39 is 0 Å². The van der Waals surface area contributed by atoms with E-state index in [1.165, 1.54) is 5.57 Å². The molecule has 0 unspecified atom stereocenters.